The molecule has 402 valence electrons. The standard InChI is InChI=1S/C54H103NO12S/c1-3-5-7-9-11-13-15-17-19-21-23-24-25-27-28-30-32-34-36-38-40-42-47(57)46(45-65-54-51(60)52(67-68(62,63)64)50(59)49(44-56)66-54)55-53(61)48(58)43-41-39-37-35-33-31-29-26-22-20-18-16-14-12-10-8-6-4-2/h22,26,40,42,46-52,54,56-60H,3-21,23-25,27-39,41,43-45H2,1-2H3,(H,55,61)(H,62,63,64)/b26-22-,42-40+. The maximum absolute atomic E-state index is 13.2. The van der Waals surface area contributed by atoms with Crippen LogP contribution < -0.4 is 5.32 Å². The van der Waals surface area contributed by atoms with E-state index >= 15 is 0 Å². The van der Waals surface area contributed by atoms with Crippen LogP contribution in [-0.4, -0.2) is 107 Å². The lowest BCUT2D eigenvalue weighted by atomic mass is 9.99. The maximum atomic E-state index is 13.2. The van der Waals surface area contributed by atoms with Gasteiger partial charge in [0.1, 0.15) is 30.5 Å². The molecule has 1 saturated heterocycles. The zero-order valence-electron chi connectivity index (χ0n) is 43.0. The lowest BCUT2D eigenvalue weighted by Gasteiger charge is -2.41. The number of nitrogens with one attached hydrogen (secondary N) is 1. The third-order valence-corrected chi connectivity index (χ3v) is 13.8. The summed E-state index contributed by atoms with van der Waals surface area (Å²) in [5, 5.41) is 55.5. The fraction of sp³-hybridized carbons (Fsp3) is 0.907. The predicted octanol–water partition coefficient (Wildman–Crippen LogP) is 11.4. The summed E-state index contributed by atoms with van der Waals surface area (Å²) >= 11 is 0. The van der Waals surface area contributed by atoms with Gasteiger partial charge < -0.3 is 40.3 Å². The molecule has 0 aliphatic carbocycles. The number of hydrogen-bond acceptors (Lipinski definition) is 11. The molecule has 0 spiro atoms. The molecule has 0 aromatic carbocycles. The summed E-state index contributed by atoms with van der Waals surface area (Å²) in [4.78, 5) is 13.2. The number of unbranched alkanes of at least 4 members (excludes halogenated alkanes) is 33. The van der Waals surface area contributed by atoms with Crippen molar-refractivity contribution in [2.75, 3.05) is 13.2 Å². The molecule has 7 N–H and O–H groups in total. The number of ether oxygens (including phenoxy) is 2. The van der Waals surface area contributed by atoms with E-state index in [1.165, 1.54) is 154 Å². The number of carbonyl (C=O) groups excluding carboxylic acids is 1. The van der Waals surface area contributed by atoms with Crippen LogP contribution in [0.25, 0.3) is 0 Å². The second kappa shape index (κ2) is 44.3. The van der Waals surface area contributed by atoms with E-state index < -0.39 is 78.5 Å². The van der Waals surface area contributed by atoms with Crippen LogP contribution in [0.2, 0.25) is 0 Å². The first-order valence-electron chi connectivity index (χ1n) is 27.8. The van der Waals surface area contributed by atoms with Crippen molar-refractivity contribution in [3.63, 3.8) is 0 Å². The Morgan fingerprint density at radius 3 is 1.37 bits per heavy atom. The Hall–Kier alpha value is -1.46. The largest absolute Gasteiger partial charge is 0.397 e. The van der Waals surface area contributed by atoms with Crippen molar-refractivity contribution in [2.45, 2.75) is 300 Å². The van der Waals surface area contributed by atoms with E-state index in [1.54, 1.807) is 6.08 Å². The Balaban J connectivity index is 2.47. The highest BCUT2D eigenvalue weighted by Gasteiger charge is 2.48. The number of carbonyl (C=O) groups is 1. The quantitative estimate of drug-likeness (QED) is 0.0172. The summed E-state index contributed by atoms with van der Waals surface area (Å²) in [5.41, 5.74) is 0. The average Bonchev–Trinajstić information content (AvgIpc) is 3.31. The Bertz CT molecular complexity index is 1320. The van der Waals surface area contributed by atoms with E-state index in [1.807, 2.05) is 6.08 Å². The van der Waals surface area contributed by atoms with E-state index in [0.717, 1.165) is 64.2 Å². The van der Waals surface area contributed by atoms with Gasteiger partial charge in [0.05, 0.1) is 25.4 Å². The van der Waals surface area contributed by atoms with Gasteiger partial charge in [-0.05, 0) is 44.9 Å². The zero-order valence-corrected chi connectivity index (χ0v) is 43.9. The van der Waals surface area contributed by atoms with Crippen molar-refractivity contribution in [1.29, 1.82) is 0 Å². The Kier molecular flexibility index (Phi) is 42.0. The molecule has 0 aromatic rings. The minimum Gasteiger partial charge on any atom is -0.394 e. The van der Waals surface area contributed by atoms with E-state index in [2.05, 4.69) is 35.5 Å². The van der Waals surface area contributed by atoms with Gasteiger partial charge in [0.15, 0.2) is 6.29 Å². The molecule has 8 unspecified atom stereocenters. The highest BCUT2D eigenvalue weighted by atomic mass is 32.3. The van der Waals surface area contributed by atoms with Crippen LogP contribution in [0.3, 0.4) is 0 Å². The van der Waals surface area contributed by atoms with Gasteiger partial charge in [0.25, 0.3) is 0 Å². The topological polar surface area (TPSA) is 212 Å². The molecule has 1 aliphatic heterocycles. The van der Waals surface area contributed by atoms with Crippen molar-refractivity contribution in [1.82, 2.24) is 5.32 Å². The summed E-state index contributed by atoms with van der Waals surface area (Å²) < 4.78 is 47.7. The molecule has 68 heavy (non-hydrogen) atoms. The lowest BCUT2D eigenvalue weighted by molar-refractivity contribution is -0.298. The van der Waals surface area contributed by atoms with Gasteiger partial charge in [-0.3, -0.25) is 9.35 Å². The molecule has 1 fully saturated rings. The molecule has 1 amide bonds. The first kappa shape index (κ1) is 64.6. The summed E-state index contributed by atoms with van der Waals surface area (Å²) in [6.07, 6.45) is 41.1. The highest BCUT2D eigenvalue weighted by molar-refractivity contribution is 7.80. The van der Waals surface area contributed by atoms with Crippen molar-refractivity contribution in [2.24, 2.45) is 0 Å². The Labute approximate surface area is 415 Å². The summed E-state index contributed by atoms with van der Waals surface area (Å²) in [7, 11) is -5.12. The number of allylic oxidation sites excluding steroid dienone is 3. The van der Waals surface area contributed by atoms with E-state index in [-0.39, 0.29) is 6.42 Å². The van der Waals surface area contributed by atoms with E-state index in [0.29, 0.717) is 12.8 Å². The molecule has 1 aliphatic rings. The normalized spacial score (nSPS) is 20.4. The van der Waals surface area contributed by atoms with Gasteiger partial charge >= 0.3 is 10.4 Å². The van der Waals surface area contributed by atoms with Crippen LogP contribution in [0.4, 0.5) is 0 Å². The van der Waals surface area contributed by atoms with Crippen LogP contribution in [0.15, 0.2) is 24.3 Å². The molecular formula is C54H103NO12S. The fourth-order valence-corrected chi connectivity index (χ4v) is 9.44. The summed E-state index contributed by atoms with van der Waals surface area (Å²) in [6.45, 7) is 3.25. The number of aliphatic hydroxyl groups is 5. The van der Waals surface area contributed by atoms with Crippen molar-refractivity contribution in [3.8, 4) is 0 Å². The van der Waals surface area contributed by atoms with Crippen LogP contribution in [-0.2, 0) is 28.9 Å². The molecule has 0 saturated carbocycles. The van der Waals surface area contributed by atoms with Crippen LogP contribution >= 0.6 is 0 Å². The van der Waals surface area contributed by atoms with Crippen LogP contribution in [0.5, 0.6) is 0 Å². The third kappa shape index (κ3) is 35.6. The number of rotatable bonds is 48. The molecule has 1 rings (SSSR count). The molecule has 1 heterocycles. The first-order chi connectivity index (χ1) is 32.9. The number of hydrogen-bond donors (Lipinski definition) is 7. The minimum absolute atomic E-state index is 0.237. The maximum Gasteiger partial charge on any atom is 0.397 e. The van der Waals surface area contributed by atoms with Crippen molar-refractivity contribution in [3.05, 3.63) is 24.3 Å². The van der Waals surface area contributed by atoms with E-state index in [9.17, 15) is 43.3 Å². The van der Waals surface area contributed by atoms with E-state index in [4.69, 9.17) is 9.47 Å². The molecule has 0 bridgehead atoms. The van der Waals surface area contributed by atoms with Crippen LogP contribution in [0.1, 0.15) is 251 Å². The second-order valence-corrected chi connectivity index (χ2v) is 20.7. The molecular weight excluding hydrogens is 887 g/mol. The van der Waals surface area contributed by atoms with Gasteiger partial charge in [-0.15, -0.1) is 0 Å². The van der Waals surface area contributed by atoms with Gasteiger partial charge in [0.2, 0.25) is 5.91 Å². The highest BCUT2D eigenvalue weighted by Crippen LogP contribution is 2.26. The number of aliphatic hydroxyl groups excluding tert-OH is 5. The van der Waals surface area contributed by atoms with Gasteiger partial charge in [-0.25, -0.2) is 4.18 Å². The van der Waals surface area contributed by atoms with Crippen LogP contribution in [0, 0.1) is 0 Å². The Morgan fingerprint density at radius 1 is 0.588 bits per heavy atom. The van der Waals surface area contributed by atoms with Gasteiger partial charge in [0, 0.05) is 0 Å². The Morgan fingerprint density at radius 2 is 0.971 bits per heavy atom. The third-order valence-electron chi connectivity index (χ3n) is 13.3. The minimum atomic E-state index is -5.12. The molecule has 0 aromatic heterocycles. The number of amides is 1. The van der Waals surface area contributed by atoms with Crippen molar-refractivity contribution < 1.29 is 57.0 Å². The first-order valence-corrected chi connectivity index (χ1v) is 29.2. The SMILES string of the molecule is CCCCCCCCCC/C=C\CCCCCCCCC(O)C(=O)NC(COC1OC(CO)C(O)C(OS(=O)(=O)O)C1O)C(O)/C=C/CCCCCCCCCCCCCCCCCCCCC. The zero-order chi connectivity index (χ0) is 49.9. The smallest absolute Gasteiger partial charge is 0.394 e. The fourth-order valence-electron chi connectivity index (χ4n) is 8.93. The summed E-state index contributed by atoms with van der Waals surface area (Å²) in [6, 6.07) is -1.12. The molecule has 8 atom stereocenters. The summed E-state index contributed by atoms with van der Waals surface area (Å²) in [5.74, 6) is -0.704. The molecule has 13 nitrogen and oxygen atoms in total. The van der Waals surface area contributed by atoms with Gasteiger partial charge in [-0.1, -0.05) is 231 Å². The second-order valence-electron chi connectivity index (χ2n) is 19.7. The molecule has 14 heteroatoms. The van der Waals surface area contributed by atoms with Gasteiger partial charge in [-0.2, -0.15) is 8.42 Å². The lowest BCUT2D eigenvalue weighted by Crippen LogP contribution is -2.61. The molecule has 0 radical (unpaired) electrons. The average molecular weight is 990 g/mol. The monoisotopic (exact) mass is 990 g/mol. The predicted molar refractivity (Wildman–Crippen MR) is 275 cm³/mol. The van der Waals surface area contributed by atoms with Crippen molar-refractivity contribution >= 4 is 16.3 Å².